The Morgan fingerprint density at radius 3 is 2.76 bits per heavy atom. The fraction of sp³-hybridized carbons (Fsp3) is 0.750. The van der Waals surface area contributed by atoms with E-state index >= 15 is 0 Å². The molecule has 1 heterocycles. The molecule has 0 spiro atoms. The van der Waals surface area contributed by atoms with Crippen molar-refractivity contribution in [2.75, 3.05) is 24.2 Å². The summed E-state index contributed by atoms with van der Waals surface area (Å²) in [5, 5.41) is 7.67. The molecule has 0 aliphatic heterocycles. The van der Waals surface area contributed by atoms with Gasteiger partial charge in [-0.3, -0.25) is 4.68 Å². The Bertz CT molecular complexity index is 347. The smallest absolute Gasteiger partial charge is 0.147 e. The first-order valence-corrected chi connectivity index (χ1v) is 6.23. The summed E-state index contributed by atoms with van der Waals surface area (Å²) in [6.07, 6.45) is 2.23. The molecule has 3 N–H and O–H groups in total. The van der Waals surface area contributed by atoms with Crippen LogP contribution in [0, 0.1) is 0 Å². The molecule has 0 amide bonds. The predicted molar refractivity (Wildman–Crippen MR) is 71.2 cm³/mol. The number of nitrogen functional groups attached to an aromatic ring is 1. The van der Waals surface area contributed by atoms with Crippen molar-refractivity contribution in [3.8, 4) is 0 Å². The highest BCUT2D eigenvalue weighted by molar-refractivity contribution is 5.65. The fourth-order valence-corrected chi connectivity index (χ4v) is 1.69. The molecule has 1 aromatic rings. The summed E-state index contributed by atoms with van der Waals surface area (Å²) in [6, 6.07) is 0. The number of aryl methyl sites for hydroxylation is 2. The molecular weight excluding hydrogens is 216 g/mol. The normalized spacial score (nSPS) is 11.1. The van der Waals surface area contributed by atoms with Crippen LogP contribution in [0.5, 0.6) is 0 Å². The van der Waals surface area contributed by atoms with Crippen LogP contribution in [-0.4, -0.2) is 29.0 Å². The molecule has 1 rings (SSSR count). The van der Waals surface area contributed by atoms with E-state index in [0.29, 0.717) is 6.61 Å². The number of hydrogen-bond donors (Lipinski definition) is 2. The molecule has 5 heteroatoms. The maximum atomic E-state index is 6.05. The van der Waals surface area contributed by atoms with Gasteiger partial charge >= 0.3 is 0 Å². The molecule has 0 atom stereocenters. The molecule has 17 heavy (non-hydrogen) atoms. The van der Waals surface area contributed by atoms with Gasteiger partial charge in [0, 0.05) is 13.6 Å². The van der Waals surface area contributed by atoms with Crippen LogP contribution in [0.4, 0.5) is 11.5 Å². The summed E-state index contributed by atoms with van der Waals surface area (Å²) in [5.74, 6) is 0.890. The Kier molecular flexibility index (Phi) is 5.28. The van der Waals surface area contributed by atoms with Gasteiger partial charge in [0.15, 0.2) is 0 Å². The zero-order chi connectivity index (χ0) is 12.8. The average Bonchev–Trinajstić information content (AvgIpc) is 2.51. The lowest BCUT2D eigenvalue weighted by Gasteiger charge is -2.10. The van der Waals surface area contributed by atoms with Crippen molar-refractivity contribution in [3.63, 3.8) is 0 Å². The van der Waals surface area contributed by atoms with Gasteiger partial charge in [-0.2, -0.15) is 5.10 Å². The predicted octanol–water partition coefficient (Wildman–Crippen LogP) is 1.79. The molecule has 0 radical (unpaired) electrons. The molecular formula is C12H24N4O. The van der Waals surface area contributed by atoms with Gasteiger partial charge in [-0.25, -0.2) is 0 Å². The van der Waals surface area contributed by atoms with Crippen molar-refractivity contribution < 1.29 is 4.74 Å². The second-order valence-electron chi connectivity index (χ2n) is 4.43. The highest BCUT2D eigenvalue weighted by Crippen LogP contribution is 2.22. The van der Waals surface area contributed by atoms with E-state index in [1.807, 2.05) is 20.9 Å². The van der Waals surface area contributed by atoms with E-state index in [9.17, 15) is 0 Å². The number of nitrogens with one attached hydrogen (secondary N) is 1. The highest BCUT2D eigenvalue weighted by atomic mass is 16.5. The van der Waals surface area contributed by atoms with Crippen molar-refractivity contribution in [2.45, 2.75) is 39.7 Å². The molecule has 0 bridgehead atoms. The highest BCUT2D eigenvalue weighted by Gasteiger charge is 2.11. The standard InChI is InChI=1S/C12H24N4O/c1-5-6-10-11(13)12(16(4)15-10)14-7-8-17-9(2)3/h9,14H,5-8,13H2,1-4H3. The van der Waals surface area contributed by atoms with Crippen LogP contribution < -0.4 is 11.1 Å². The van der Waals surface area contributed by atoms with Crippen LogP contribution in [0.25, 0.3) is 0 Å². The number of anilines is 2. The maximum absolute atomic E-state index is 6.05. The second kappa shape index (κ2) is 6.49. The van der Waals surface area contributed by atoms with Crippen LogP contribution in [0.3, 0.4) is 0 Å². The summed E-state index contributed by atoms with van der Waals surface area (Å²) >= 11 is 0. The van der Waals surface area contributed by atoms with Crippen molar-refractivity contribution in [1.29, 1.82) is 0 Å². The van der Waals surface area contributed by atoms with Crippen molar-refractivity contribution in [1.82, 2.24) is 9.78 Å². The lowest BCUT2D eigenvalue weighted by molar-refractivity contribution is 0.0870. The van der Waals surface area contributed by atoms with Crippen LogP contribution in [-0.2, 0) is 18.2 Å². The number of ether oxygens (including phenoxy) is 1. The van der Waals surface area contributed by atoms with E-state index in [0.717, 1.165) is 36.6 Å². The van der Waals surface area contributed by atoms with Crippen LogP contribution in [0.2, 0.25) is 0 Å². The van der Waals surface area contributed by atoms with E-state index in [1.165, 1.54) is 0 Å². The molecule has 0 unspecified atom stereocenters. The van der Waals surface area contributed by atoms with Crippen molar-refractivity contribution in [3.05, 3.63) is 5.69 Å². The Hall–Kier alpha value is -1.23. The lowest BCUT2D eigenvalue weighted by Crippen LogP contribution is -2.15. The second-order valence-corrected chi connectivity index (χ2v) is 4.43. The maximum Gasteiger partial charge on any atom is 0.147 e. The summed E-state index contributed by atoms with van der Waals surface area (Å²) in [5.41, 5.74) is 7.78. The molecule has 0 fully saturated rings. The van der Waals surface area contributed by atoms with Gasteiger partial charge in [-0.05, 0) is 20.3 Å². The molecule has 0 saturated carbocycles. The van der Waals surface area contributed by atoms with Crippen LogP contribution >= 0.6 is 0 Å². The van der Waals surface area contributed by atoms with E-state index in [1.54, 1.807) is 4.68 Å². The van der Waals surface area contributed by atoms with Gasteiger partial charge in [0.2, 0.25) is 0 Å². The van der Waals surface area contributed by atoms with Crippen molar-refractivity contribution in [2.24, 2.45) is 7.05 Å². The Labute approximate surface area is 103 Å². The molecule has 0 aliphatic carbocycles. The lowest BCUT2D eigenvalue weighted by atomic mass is 10.2. The SMILES string of the molecule is CCCc1nn(C)c(NCCOC(C)C)c1N. The molecule has 5 nitrogen and oxygen atoms in total. The number of nitrogens with two attached hydrogens (primary N) is 1. The van der Waals surface area contributed by atoms with Gasteiger partial charge in [-0.1, -0.05) is 13.3 Å². The van der Waals surface area contributed by atoms with E-state index < -0.39 is 0 Å². The minimum Gasteiger partial charge on any atom is -0.394 e. The fourth-order valence-electron chi connectivity index (χ4n) is 1.69. The summed E-state index contributed by atoms with van der Waals surface area (Å²) in [7, 11) is 1.90. The first-order valence-electron chi connectivity index (χ1n) is 6.23. The third-order valence-corrected chi connectivity index (χ3v) is 2.49. The minimum atomic E-state index is 0.260. The number of rotatable bonds is 7. The zero-order valence-corrected chi connectivity index (χ0v) is 11.3. The molecule has 0 saturated heterocycles. The minimum absolute atomic E-state index is 0.260. The first kappa shape index (κ1) is 13.8. The Morgan fingerprint density at radius 2 is 2.18 bits per heavy atom. The topological polar surface area (TPSA) is 65.1 Å². The van der Waals surface area contributed by atoms with Gasteiger partial charge in [0.1, 0.15) is 5.82 Å². The molecule has 98 valence electrons. The van der Waals surface area contributed by atoms with Gasteiger partial charge in [0.25, 0.3) is 0 Å². The monoisotopic (exact) mass is 240 g/mol. The quantitative estimate of drug-likeness (QED) is 0.713. The summed E-state index contributed by atoms with van der Waals surface area (Å²) in [6.45, 7) is 7.59. The Balaban J connectivity index is 2.52. The number of hydrogen-bond acceptors (Lipinski definition) is 4. The van der Waals surface area contributed by atoms with Crippen LogP contribution in [0.15, 0.2) is 0 Å². The summed E-state index contributed by atoms with van der Waals surface area (Å²) in [4.78, 5) is 0. The third-order valence-electron chi connectivity index (χ3n) is 2.49. The summed E-state index contributed by atoms with van der Waals surface area (Å²) < 4.78 is 7.27. The Morgan fingerprint density at radius 1 is 1.47 bits per heavy atom. The zero-order valence-electron chi connectivity index (χ0n) is 11.3. The average molecular weight is 240 g/mol. The van der Waals surface area contributed by atoms with E-state index in [-0.39, 0.29) is 6.10 Å². The molecule has 0 aromatic carbocycles. The number of aromatic nitrogens is 2. The molecule has 0 aliphatic rings. The van der Waals surface area contributed by atoms with E-state index in [2.05, 4.69) is 17.3 Å². The van der Waals surface area contributed by atoms with Crippen molar-refractivity contribution >= 4 is 11.5 Å². The first-order chi connectivity index (χ1) is 8.06. The van der Waals surface area contributed by atoms with Gasteiger partial charge in [-0.15, -0.1) is 0 Å². The van der Waals surface area contributed by atoms with Gasteiger partial charge in [0.05, 0.1) is 24.1 Å². The largest absolute Gasteiger partial charge is 0.394 e. The van der Waals surface area contributed by atoms with Gasteiger partial charge < -0.3 is 15.8 Å². The third kappa shape index (κ3) is 3.93. The number of nitrogens with zero attached hydrogens (tertiary/aromatic N) is 2. The molecule has 1 aromatic heterocycles. The van der Waals surface area contributed by atoms with E-state index in [4.69, 9.17) is 10.5 Å². The van der Waals surface area contributed by atoms with Crippen LogP contribution in [0.1, 0.15) is 32.9 Å².